The molecule has 2 N–H and O–H groups in total. The number of nitrogens with zero attached hydrogens (tertiary/aromatic N) is 1. The van der Waals surface area contributed by atoms with Crippen LogP contribution in [0.2, 0.25) is 0 Å². The van der Waals surface area contributed by atoms with E-state index < -0.39 is 0 Å². The summed E-state index contributed by atoms with van der Waals surface area (Å²) in [5.74, 6) is 0.928. The molecule has 3 atom stereocenters. The van der Waals surface area contributed by atoms with Gasteiger partial charge in [-0.25, -0.2) is 0 Å². The van der Waals surface area contributed by atoms with E-state index in [0.717, 1.165) is 31.7 Å². The van der Waals surface area contributed by atoms with Crippen molar-refractivity contribution in [1.29, 1.82) is 0 Å². The highest BCUT2D eigenvalue weighted by molar-refractivity contribution is 4.88. The number of likely N-dealkylation sites (N-methyl/N-ethyl adjacent to an activating group) is 1. The normalized spacial score (nSPS) is 33.8. The van der Waals surface area contributed by atoms with Crippen LogP contribution in [-0.4, -0.2) is 48.8 Å². The highest BCUT2D eigenvalue weighted by Crippen LogP contribution is 2.29. The lowest BCUT2D eigenvalue weighted by Gasteiger charge is -2.37. The van der Waals surface area contributed by atoms with Gasteiger partial charge in [0.25, 0.3) is 0 Å². The van der Waals surface area contributed by atoms with Crippen LogP contribution in [0.3, 0.4) is 0 Å². The van der Waals surface area contributed by atoms with Gasteiger partial charge in [-0.05, 0) is 45.7 Å². The van der Waals surface area contributed by atoms with Crippen LogP contribution in [-0.2, 0) is 0 Å². The van der Waals surface area contributed by atoms with E-state index in [1.54, 1.807) is 0 Å². The van der Waals surface area contributed by atoms with Gasteiger partial charge in [-0.3, -0.25) is 0 Å². The molecule has 1 aliphatic heterocycles. The van der Waals surface area contributed by atoms with Gasteiger partial charge in [-0.1, -0.05) is 32.1 Å². The zero-order valence-corrected chi connectivity index (χ0v) is 12.8. The van der Waals surface area contributed by atoms with Gasteiger partial charge < -0.3 is 15.3 Å². The van der Waals surface area contributed by atoms with Gasteiger partial charge in [0.2, 0.25) is 0 Å². The number of hydrogen-bond donors (Lipinski definition) is 2. The maximum absolute atomic E-state index is 10.2. The zero-order valence-electron chi connectivity index (χ0n) is 12.8. The minimum atomic E-state index is -0.123. The molecule has 0 spiro atoms. The number of aliphatic hydroxyl groups excluding tert-OH is 1. The largest absolute Gasteiger partial charge is 0.392 e. The third-order valence-corrected chi connectivity index (χ3v) is 4.92. The Morgan fingerprint density at radius 1 is 1.00 bits per heavy atom. The van der Waals surface area contributed by atoms with Crippen molar-refractivity contribution in [3.63, 3.8) is 0 Å². The molecule has 0 bridgehead atoms. The molecule has 112 valence electrons. The fourth-order valence-corrected chi connectivity index (χ4v) is 3.82. The lowest BCUT2D eigenvalue weighted by Crippen LogP contribution is -2.53. The van der Waals surface area contributed by atoms with Gasteiger partial charge in [0.1, 0.15) is 0 Å². The lowest BCUT2D eigenvalue weighted by atomic mass is 9.83. The van der Waals surface area contributed by atoms with Crippen molar-refractivity contribution in [2.45, 2.75) is 76.0 Å². The third kappa shape index (κ3) is 5.05. The zero-order chi connectivity index (χ0) is 13.7. The first-order valence-electron chi connectivity index (χ1n) is 8.24. The van der Waals surface area contributed by atoms with Crippen molar-refractivity contribution < 1.29 is 5.11 Å². The Morgan fingerprint density at radius 2 is 1.74 bits per heavy atom. The van der Waals surface area contributed by atoms with Gasteiger partial charge in [-0.2, -0.15) is 0 Å². The Hall–Kier alpha value is -0.120. The summed E-state index contributed by atoms with van der Waals surface area (Å²) in [5, 5.41) is 13.9. The van der Waals surface area contributed by atoms with Crippen LogP contribution in [0, 0.1) is 5.92 Å². The average Bonchev–Trinajstić information content (AvgIpc) is 2.40. The molecular formula is C16H32N2O. The molecule has 0 radical (unpaired) electrons. The molecule has 1 saturated heterocycles. The fraction of sp³-hybridized carbons (Fsp3) is 1.00. The summed E-state index contributed by atoms with van der Waals surface area (Å²) in [4.78, 5) is 2.24. The highest BCUT2D eigenvalue weighted by Gasteiger charge is 2.29. The molecule has 0 aromatic heterocycles. The SMILES string of the molecule is CN(C)CC1CCC(O)C(CCC2CCCCC2)N1. The van der Waals surface area contributed by atoms with Crippen LogP contribution in [0.15, 0.2) is 0 Å². The molecule has 0 aromatic carbocycles. The van der Waals surface area contributed by atoms with Crippen molar-refractivity contribution in [1.82, 2.24) is 10.2 Å². The van der Waals surface area contributed by atoms with Crippen LogP contribution >= 0.6 is 0 Å². The summed E-state index contributed by atoms with van der Waals surface area (Å²) in [6.45, 7) is 1.09. The average molecular weight is 268 g/mol. The summed E-state index contributed by atoms with van der Waals surface area (Å²) in [6.07, 6.45) is 11.6. The number of nitrogens with one attached hydrogen (secondary N) is 1. The summed E-state index contributed by atoms with van der Waals surface area (Å²) >= 11 is 0. The second-order valence-electron chi connectivity index (χ2n) is 6.96. The Bertz CT molecular complexity index is 251. The number of rotatable bonds is 5. The standard InChI is InChI=1S/C16H32N2O/c1-18(2)12-14-9-11-16(19)15(17-14)10-8-13-6-4-3-5-7-13/h13-17,19H,3-12H2,1-2H3. The first kappa shape index (κ1) is 15.3. The molecular weight excluding hydrogens is 236 g/mol. The molecule has 19 heavy (non-hydrogen) atoms. The van der Waals surface area contributed by atoms with Crippen LogP contribution < -0.4 is 5.32 Å². The van der Waals surface area contributed by atoms with Gasteiger partial charge in [0.15, 0.2) is 0 Å². The Labute approximate surface area is 118 Å². The van der Waals surface area contributed by atoms with E-state index in [2.05, 4.69) is 24.3 Å². The van der Waals surface area contributed by atoms with Crippen molar-refractivity contribution in [2.75, 3.05) is 20.6 Å². The van der Waals surface area contributed by atoms with Crippen molar-refractivity contribution >= 4 is 0 Å². The summed E-state index contributed by atoms with van der Waals surface area (Å²) in [6, 6.07) is 0.899. The number of piperidine rings is 1. The molecule has 1 saturated carbocycles. The van der Waals surface area contributed by atoms with Gasteiger partial charge >= 0.3 is 0 Å². The van der Waals surface area contributed by atoms with Crippen LogP contribution in [0.1, 0.15) is 57.8 Å². The monoisotopic (exact) mass is 268 g/mol. The lowest BCUT2D eigenvalue weighted by molar-refractivity contribution is 0.0663. The van der Waals surface area contributed by atoms with E-state index in [4.69, 9.17) is 0 Å². The Morgan fingerprint density at radius 3 is 2.42 bits per heavy atom. The third-order valence-electron chi connectivity index (χ3n) is 4.92. The quantitative estimate of drug-likeness (QED) is 0.803. The predicted octanol–water partition coefficient (Wildman–Crippen LogP) is 2.39. The number of hydrogen-bond acceptors (Lipinski definition) is 3. The van der Waals surface area contributed by atoms with E-state index in [1.165, 1.54) is 38.5 Å². The van der Waals surface area contributed by atoms with Gasteiger partial charge in [0.05, 0.1) is 6.10 Å². The maximum atomic E-state index is 10.2. The first-order valence-corrected chi connectivity index (χ1v) is 8.24. The van der Waals surface area contributed by atoms with E-state index in [9.17, 15) is 5.11 Å². The molecule has 3 unspecified atom stereocenters. The fourth-order valence-electron chi connectivity index (χ4n) is 3.82. The molecule has 2 fully saturated rings. The highest BCUT2D eigenvalue weighted by atomic mass is 16.3. The van der Waals surface area contributed by atoms with Crippen molar-refractivity contribution in [2.24, 2.45) is 5.92 Å². The van der Waals surface area contributed by atoms with E-state index in [0.29, 0.717) is 12.1 Å². The van der Waals surface area contributed by atoms with E-state index in [-0.39, 0.29) is 6.10 Å². The second kappa shape index (κ2) is 7.61. The van der Waals surface area contributed by atoms with Crippen LogP contribution in [0.5, 0.6) is 0 Å². The maximum Gasteiger partial charge on any atom is 0.0693 e. The number of aliphatic hydroxyl groups is 1. The van der Waals surface area contributed by atoms with Gasteiger partial charge in [-0.15, -0.1) is 0 Å². The molecule has 0 amide bonds. The van der Waals surface area contributed by atoms with Gasteiger partial charge in [0, 0.05) is 18.6 Å². The second-order valence-corrected chi connectivity index (χ2v) is 6.96. The predicted molar refractivity (Wildman–Crippen MR) is 80.3 cm³/mol. The molecule has 2 aliphatic rings. The van der Waals surface area contributed by atoms with Crippen LogP contribution in [0.4, 0.5) is 0 Å². The summed E-state index contributed by atoms with van der Waals surface area (Å²) < 4.78 is 0. The Balaban J connectivity index is 1.73. The molecule has 3 nitrogen and oxygen atoms in total. The van der Waals surface area contributed by atoms with Crippen molar-refractivity contribution in [3.8, 4) is 0 Å². The molecule has 0 aromatic rings. The minimum absolute atomic E-state index is 0.123. The molecule has 3 heteroatoms. The molecule has 1 aliphatic carbocycles. The molecule has 2 rings (SSSR count). The van der Waals surface area contributed by atoms with Crippen molar-refractivity contribution in [3.05, 3.63) is 0 Å². The Kier molecular flexibility index (Phi) is 6.11. The van der Waals surface area contributed by atoms with E-state index in [1.807, 2.05) is 0 Å². The van der Waals surface area contributed by atoms with E-state index >= 15 is 0 Å². The summed E-state index contributed by atoms with van der Waals surface area (Å²) in [7, 11) is 4.26. The van der Waals surface area contributed by atoms with Crippen LogP contribution in [0.25, 0.3) is 0 Å². The molecule has 1 heterocycles. The topological polar surface area (TPSA) is 35.5 Å². The first-order chi connectivity index (χ1) is 9.15. The minimum Gasteiger partial charge on any atom is -0.392 e. The smallest absolute Gasteiger partial charge is 0.0693 e. The summed E-state index contributed by atoms with van der Waals surface area (Å²) in [5.41, 5.74) is 0.